The van der Waals surface area contributed by atoms with Crippen LogP contribution in [0.5, 0.6) is 0 Å². The largest absolute Gasteiger partial charge is 0.463 e. The number of cyclic esters (lactones) is 1. The summed E-state index contributed by atoms with van der Waals surface area (Å²) in [5.74, 6) is -0.418. The summed E-state index contributed by atoms with van der Waals surface area (Å²) in [6.07, 6.45) is 3.53. The zero-order valence-corrected chi connectivity index (χ0v) is 10.1. The standard InChI is InChI=1S/C13H18O4/c1-8(2)12(14)17-11-10-6-4-3-5-9(10)7-16-13(11)15/h9-11H,1,3-7H2,2H3. The highest BCUT2D eigenvalue weighted by atomic mass is 16.6. The van der Waals surface area contributed by atoms with Crippen molar-refractivity contribution in [3.8, 4) is 0 Å². The molecule has 2 rings (SSSR count). The van der Waals surface area contributed by atoms with Gasteiger partial charge in [0.1, 0.15) is 0 Å². The Morgan fingerprint density at radius 2 is 2.12 bits per heavy atom. The lowest BCUT2D eigenvalue weighted by Gasteiger charge is -2.39. The van der Waals surface area contributed by atoms with Gasteiger partial charge in [-0.1, -0.05) is 19.4 Å². The Labute approximate surface area is 101 Å². The number of rotatable bonds is 2. The average Bonchev–Trinajstić information content (AvgIpc) is 2.32. The van der Waals surface area contributed by atoms with Crippen molar-refractivity contribution in [2.75, 3.05) is 6.61 Å². The van der Waals surface area contributed by atoms with Gasteiger partial charge in [0.2, 0.25) is 6.10 Å². The van der Waals surface area contributed by atoms with Gasteiger partial charge in [-0.3, -0.25) is 0 Å². The van der Waals surface area contributed by atoms with Crippen LogP contribution in [-0.4, -0.2) is 24.6 Å². The number of hydrogen-bond donors (Lipinski definition) is 0. The first-order chi connectivity index (χ1) is 8.09. The van der Waals surface area contributed by atoms with E-state index in [-0.39, 0.29) is 5.92 Å². The third-order valence-corrected chi connectivity index (χ3v) is 3.61. The Balaban J connectivity index is 2.08. The molecule has 3 unspecified atom stereocenters. The number of hydrogen-bond acceptors (Lipinski definition) is 4. The van der Waals surface area contributed by atoms with E-state index in [1.165, 1.54) is 6.42 Å². The molecule has 1 aliphatic heterocycles. The van der Waals surface area contributed by atoms with E-state index in [1.54, 1.807) is 6.92 Å². The lowest BCUT2D eigenvalue weighted by Crippen LogP contribution is -2.47. The third-order valence-electron chi connectivity index (χ3n) is 3.61. The Kier molecular flexibility index (Phi) is 3.50. The summed E-state index contributed by atoms with van der Waals surface area (Å²) in [5, 5.41) is 0. The molecule has 1 saturated heterocycles. The highest BCUT2D eigenvalue weighted by molar-refractivity contribution is 5.89. The normalized spacial score (nSPS) is 32.3. The van der Waals surface area contributed by atoms with Crippen LogP contribution < -0.4 is 0 Å². The third kappa shape index (κ3) is 2.51. The summed E-state index contributed by atoms with van der Waals surface area (Å²) < 4.78 is 10.3. The maximum Gasteiger partial charge on any atom is 0.347 e. The summed E-state index contributed by atoms with van der Waals surface area (Å²) >= 11 is 0. The van der Waals surface area contributed by atoms with E-state index in [2.05, 4.69) is 6.58 Å². The molecular weight excluding hydrogens is 220 g/mol. The zero-order chi connectivity index (χ0) is 12.4. The molecule has 0 aromatic heterocycles. The van der Waals surface area contributed by atoms with Crippen LogP contribution in [0, 0.1) is 11.8 Å². The van der Waals surface area contributed by atoms with Crippen molar-refractivity contribution in [2.24, 2.45) is 11.8 Å². The van der Waals surface area contributed by atoms with Gasteiger partial charge in [-0.15, -0.1) is 0 Å². The quantitative estimate of drug-likeness (QED) is 0.544. The Hall–Kier alpha value is -1.32. The van der Waals surface area contributed by atoms with Crippen LogP contribution in [-0.2, 0) is 19.1 Å². The summed E-state index contributed by atoms with van der Waals surface area (Å²) in [5.41, 5.74) is 0.315. The number of carbonyl (C=O) groups excluding carboxylic acids is 2. The molecule has 0 radical (unpaired) electrons. The molecule has 2 aliphatic rings. The molecule has 0 N–H and O–H groups in total. The smallest absolute Gasteiger partial charge is 0.347 e. The number of carbonyl (C=O) groups is 2. The van der Waals surface area contributed by atoms with Crippen LogP contribution in [0.4, 0.5) is 0 Å². The molecule has 4 nitrogen and oxygen atoms in total. The molecule has 17 heavy (non-hydrogen) atoms. The second-order valence-corrected chi connectivity index (χ2v) is 4.94. The second kappa shape index (κ2) is 4.90. The number of ether oxygens (including phenoxy) is 2. The Morgan fingerprint density at radius 1 is 1.41 bits per heavy atom. The SMILES string of the molecule is C=C(C)C(=O)OC1C(=O)OCC2CCCCC21. The summed E-state index contributed by atoms with van der Waals surface area (Å²) in [7, 11) is 0. The van der Waals surface area contributed by atoms with Crippen molar-refractivity contribution in [1.29, 1.82) is 0 Å². The summed E-state index contributed by atoms with van der Waals surface area (Å²) in [4.78, 5) is 23.2. The first-order valence-corrected chi connectivity index (χ1v) is 6.12. The Bertz CT molecular complexity index is 347. The monoisotopic (exact) mass is 238 g/mol. The van der Waals surface area contributed by atoms with Crippen LogP contribution in [0.2, 0.25) is 0 Å². The molecule has 4 heteroatoms. The fourth-order valence-corrected chi connectivity index (χ4v) is 2.64. The van der Waals surface area contributed by atoms with Crippen LogP contribution in [0.3, 0.4) is 0 Å². The van der Waals surface area contributed by atoms with Gasteiger partial charge in [0.15, 0.2) is 0 Å². The van der Waals surface area contributed by atoms with Crippen LogP contribution in [0.15, 0.2) is 12.2 Å². The van der Waals surface area contributed by atoms with E-state index in [0.29, 0.717) is 18.1 Å². The summed E-state index contributed by atoms with van der Waals surface area (Å²) in [6, 6.07) is 0. The number of esters is 2. The minimum absolute atomic E-state index is 0.133. The zero-order valence-electron chi connectivity index (χ0n) is 10.1. The predicted molar refractivity (Wildman–Crippen MR) is 61.1 cm³/mol. The minimum atomic E-state index is -0.724. The highest BCUT2D eigenvalue weighted by Crippen LogP contribution is 2.37. The van der Waals surface area contributed by atoms with Crippen molar-refractivity contribution in [1.82, 2.24) is 0 Å². The fourth-order valence-electron chi connectivity index (χ4n) is 2.64. The van der Waals surface area contributed by atoms with E-state index >= 15 is 0 Å². The lowest BCUT2D eigenvalue weighted by molar-refractivity contribution is -0.183. The van der Waals surface area contributed by atoms with Crippen molar-refractivity contribution in [3.05, 3.63) is 12.2 Å². The minimum Gasteiger partial charge on any atom is -0.463 e. The van der Waals surface area contributed by atoms with E-state index in [1.807, 2.05) is 0 Å². The highest BCUT2D eigenvalue weighted by Gasteiger charge is 2.43. The molecule has 0 bridgehead atoms. The molecule has 2 fully saturated rings. The van der Waals surface area contributed by atoms with Gasteiger partial charge < -0.3 is 9.47 Å². The maximum atomic E-state index is 11.7. The average molecular weight is 238 g/mol. The molecule has 1 aliphatic carbocycles. The molecule has 0 aromatic carbocycles. The second-order valence-electron chi connectivity index (χ2n) is 4.94. The van der Waals surface area contributed by atoms with Crippen LogP contribution in [0.1, 0.15) is 32.6 Å². The maximum absolute atomic E-state index is 11.7. The van der Waals surface area contributed by atoms with Gasteiger partial charge in [-0.25, -0.2) is 9.59 Å². The fraction of sp³-hybridized carbons (Fsp3) is 0.692. The predicted octanol–water partition coefficient (Wildman–Crippen LogP) is 1.84. The molecular formula is C13H18O4. The van der Waals surface area contributed by atoms with Gasteiger partial charge >= 0.3 is 11.9 Å². The molecule has 1 heterocycles. The van der Waals surface area contributed by atoms with Gasteiger partial charge in [0.25, 0.3) is 0 Å². The van der Waals surface area contributed by atoms with E-state index < -0.39 is 18.0 Å². The molecule has 0 amide bonds. The Morgan fingerprint density at radius 3 is 2.82 bits per heavy atom. The summed E-state index contributed by atoms with van der Waals surface area (Å²) in [6.45, 7) is 5.58. The molecule has 94 valence electrons. The van der Waals surface area contributed by atoms with Crippen molar-refractivity contribution in [2.45, 2.75) is 38.7 Å². The van der Waals surface area contributed by atoms with Gasteiger partial charge in [-0.2, -0.15) is 0 Å². The molecule has 1 saturated carbocycles. The van der Waals surface area contributed by atoms with Crippen LogP contribution in [0.25, 0.3) is 0 Å². The van der Waals surface area contributed by atoms with E-state index in [0.717, 1.165) is 19.3 Å². The molecule has 3 atom stereocenters. The number of fused-ring (bicyclic) bond motifs is 1. The van der Waals surface area contributed by atoms with E-state index in [9.17, 15) is 9.59 Å². The van der Waals surface area contributed by atoms with E-state index in [4.69, 9.17) is 9.47 Å². The lowest BCUT2D eigenvalue weighted by atomic mass is 9.75. The van der Waals surface area contributed by atoms with Gasteiger partial charge in [0, 0.05) is 17.4 Å². The van der Waals surface area contributed by atoms with Gasteiger partial charge in [-0.05, 0) is 19.8 Å². The van der Waals surface area contributed by atoms with Crippen molar-refractivity contribution >= 4 is 11.9 Å². The first-order valence-electron chi connectivity index (χ1n) is 6.12. The topological polar surface area (TPSA) is 52.6 Å². The first kappa shape index (κ1) is 12.1. The van der Waals surface area contributed by atoms with Crippen molar-refractivity contribution in [3.63, 3.8) is 0 Å². The molecule has 0 spiro atoms. The van der Waals surface area contributed by atoms with Crippen LogP contribution >= 0.6 is 0 Å². The molecule has 0 aromatic rings. The van der Waals surface area contributed by atoms with Crippen molar-refractivity contribution < 1.29 is 19.1 Å². The van der Waals surface area contributed by atoms with Gasteiger partial charge in [0.05, 0.1) is 6.61 Å².